The van der Waals surface area contributed by atoms with Gasteiger partial charge >= 0.3 is 5.91 Å². The Bertz CT molecular complexity index is 971. The molecule has 3 amide bonds. The summed E-state index contributed by atoms with van der Waals surface area (Å²) in [5.41, 5.74) is 2.22. The summed E-state index contributed by atoms with van der Waals surface area (Å²) >= 11 is 0. The lowest BCUT2D eigenvalue weighted by Gasteiger charge is -2.32. The maximum absolute atomic E-state index is 12.9. The SMILES string of the molecule is COc1ccc(C(=O)NC[N+]2(c3ccc(N4CCCCC4=O)cc3)CCCC2=O)cc1. The molecule has 1 unspecified atom stereocenters. The molecule has 1 N–H and O–H groups in total. The Balaban J connectivity index is 1.52. The maximum atomic E-state index is 12.9. The van der Waals surface area contributed by atoms with Crippen LogP contribution in [-0.4, -0.2) is 44.6 Å². The first kappa shape index (κ1) is 21.1. The fourth-order valence-corrected chi connectivity index (χ4v) is 4.42. The van der Waals surface area contributed by atoms with Crippen LogP contribution in [0.25, 0.3) is 0 Å². The number of quaternary nitrogens is 1. The molecular weight excluding hydrogens is 394 g/mol. The second kappa shape index (κ2) is 8.89. The summed E-state index contributed by atoms with van der Waals surface area (Å²) in [7, 11) is 1.58. The summed E-state index contributed by atoms with van der Waals surface area (Å²) in [5, 5.41) is 2.94. The molecule has 2 fully saturated rings. The van der Waals surface area contributed by atoms with Crippen molar-refractivity contribution in [2.75, 3.05) is 31.8 Å². The Kier molecular flexibility index (Phi) is 6.04. The van der Waals surface area contributed by atoms with Crippen LogP contribution in [0, 0.1) is 0 Å². The van der Waals surface area contributed by atoms with Gasteiger partial charge in [-0.05, 0) is 49.2 Å². The number of benzene rings is 2. The minimum absolute atomic E-state index is 0.0934. The predicted molar refractivity (Wildman–Crippen MR) is 119 cm³/mol. The average Bonchev–Trinajstić information content (AvgIpc) is 3.19. The van der Waals surface area contributed by atoms with E-state index in [0.29, 0.717) is 30.7 Å². The van der Waals surface area contributed by atoms with Gasteiger partial charge in [-0.1, -0.05) is 0 Å². The van der Waals surface area contributed by atoms with Crippen LogP contribution in [0.1, 0.15) is 42.5 Å². The van der Waals surface area contributed by atoms with Crippen molar-refractivity contribution in [3.05, 3.63) is 54.1 Å². The molecule has 0 spiro atoms. The number of hydrogen-bond acceptors (Lipinski definition) is 4. The molecule has 2 aliphatic rings. The molecule has 4 rings (SSSR count). The third kappa shape index (κ3) is 4.18. The first-order chi connectivity index (χ1) is 15.0. The highest BCUT2D eigenvalue weighted by Crippen LogP contribution is 2.32. The Morgan fingerprint density at radius 1 is 1.00 bits per heavy atom. The van der Waals surface area contributed by atoms with Gasteiger partial charge in [-0.2, -0.15) is 0 Å². The average molecular weight is 423 g/mol. The maximum Gasteiger partial charge on any atom is 0.320 e. The van der Waals surface area contributed by atoms with E-state index in [4.69, 9.17) is 4.74 Å². The van der Waals surface area contributed by atoms with E-state index in [2.05, 4.69) is 5.32 Å². The van der Waals surface area contributed by atoms with Gasteiger partial charge in [-0.3, -0.25) is 9.59 Å². The zero-order chi connectivity index (χ0) is 21.8. The van der Waals surface area contributed by atoms with Gasteiger partial charge in [0.25, 0.3) is 5.91 Å². The van der Waals surface area contributed by atoms with E-state index in [0.717, 1.165) is 37.2 Å². The second-order valence-corrected chi connectivity index (χ2v) is 8.10. The van der Waals surface area contributed by atoms with Crippen molar-refractivity contribution in [2.24, 2.45) is 0 Å². The fraction of sp³-hybridized carbons (Fsp3) is 0.375. The summed E-state index contributed by atoms with van der Waals surface area (Å²) in [6, 6.07) is 14.5. The number of methoxy groups -OCH3 is 1. The highest BCUT2D eigenvalue weighted by atomic mass is 16.5. The van der Waals surface area contributed by atoms with Crippen molar-refractivity contribution in [3.63, 3.8) is 0 Å². The molecule has 0 aromatic heterocycles. The van der Waals surface area contributed by atoms with Gasteiger partial charge in [-0.25, -0.2) is 9.28 Å². The van der Waals surface area contributed by atoms with Gasteiger partial charge in [0, 0.05) is 42.8 Å². The quantitative estimate of drug-likeness (QED) is 0.726. The number of carbonyl (C=O) groups excluding carboxylic acids is 3. The molecule has 0 radical (unpaired) electrons. The van der Waals surface area contributed by atoms with Crippen LogP contribution >= 0.6 is 0 Å². The van der Waals surface area contributed by atoms with Gasteiger partial charge in [0.2, 0.25) is 5.91 Å². The molecule has 2 heterocycles. The van der Waals surface area contributed by atoms with Crippen LogP contribution in [0.15, 0.2) is 48.5 Å². The van der Waals surface area contributed by atoms with Crippen molar-refractivity contribution in [2.45, 2.75) is 32.1 Å². The van der Waals surface area contributed by atoms with Crippen molar-refractivity contribution >= 4 is 29.1 Å². The molecule has 1 atom stereocenters. The van der Waals surface area contributed by atoms with Gasteiger partial charge in [-0.15, -0.1) is 0 Å². The van der Waals surface area contributed by atoms with Crippen molar-refractivity contribution in [1.82, 2.24) is 9.80 Å². The van der Waals surface area contributed by atoms with E-state index in [1.807, 2.05) is 29.2 Å². The molecule has 2 aromatic carbocycles. The second-order valence-electron chi connectivity index (χ2n) is 8.10. The molecule has 162 valence electrons. The Morgan fingerprint density at radius 2 is 1.74 bits per heavy atom. The summed E-state index contributed by atoms with van der Waals surface area (Å²) in [6.07, 6.45) is 3.80. The number of hydrogen-bond donors (Lipinski definition) is 1. The molecule has 0 saturated carbocycles. The minimum Gasteiger partial charge on any atom is -0.497 e. The monoisotopic (exact) mass is 422 g/mol. The van der Waals surface area contributed by atoms with E-state index in [9.17, 15) is 14.4 Å². The number of anilines is 1. The van der Waals surface area contributed by atoms with Gasteiger partial charge in [0.1, 0.15) is 11.4 Å². The number of ether oxygens (including phenoxy) is 1. The summed E-state index contributed by atoms with van der Waals surface area (Å²) in [5.74, 6) is 0.696. The molecule has 2 aromatic rings. The van der Waals surface area contributed by atoms with Crippen LogP contribution in [0.5, 0.6) is 5.75 Å². The van der Waals surface area contributed by atoms with E-state index in [1.165, 1.54) is 0 Å². The fourth-order valence-electron chi connectivity index (χ4n) is 4.42. The van der Waals surface area contributed by atoms with E-state index >= 15 is 0 Å². The molecule has 31 heavy (non-hydrogen) atoms. The van der Waals surface area contributed by atoms with Crippen molar-refractivity contribution in [1.29, 1.82) is 0 Å². The Hall–Kier alpha value is -3.19. The number of amides is 3. The Labute approximate surface area is 182 Å². The Morgan fingerprint density at radius 3 is 2.35 bits per heavy atom. The van der Waals surface area contributed by atoms with Gasteiger partial charge in [0.15, 0.2) is 6.67 Å². The van der Waals surface area contributed by atoms with Crippen molar-refractivity contribution in [3.8, 4) is 5.75 Å². The molecule has 2 saturated heterocycles. The molecule has 7 nitrogen and oxygen atoms in total. The normalized spacial score (nSPS) is 21.3. The molecule has 7 heteroatoms. The van der Waals surface area contributed by atoms with Crippen LogP contribution in [0.4, 0.5) is 11.4 Å². The number of nitrogens with one attached hydrogen (secondary N) is 1. The van der Waals surface area contributed by atoms with Crippen LogP contribution in [0.3, 0.4) is 0 Å². The van der Waals surface area contributed by atoms with E-state index in [-0.39, 0.29) is 28.9 Å². The number of likely N-dealkylation sites (tertiary alicyclic amines) is 1. The standard InChI is InChI=1S/C24H27N3O4/c1-31-21-13-7-18(8-14-21)24(30)25-17-27(16-4-6-23(27)29)20-11-9-19(10-12-20)26-15-3-2-5-22(26)28/h7-14H,2-6,15-17H2,1H3/p+1. The third-order valence-electron chi connectivity index (χ3n) is 6.25. The van der Waals surface area contributed by atoms with Crippen LogP contribution in [0.2, 0.25) is 0 Å². The summed E-state index contributed by atoms with van der Waals surface area (Å²) in [6.45, 7) is 1.57. The lowest BCUT2D eigenvalue weighted by atomic mass is 10.1. The summed E-state index contributed by atoms with van der Waals surface area (Å²) in [4.78, 5) is 39.6. The van der Waals surface area contributed by atoms with Gasteiger partial charge < -0.3 is 15.0 Å². The molecule has 0 aliphatic carbocycles. The largest absolute Gasteiger partial charge is 0.497 e. The molecule has 2 aliphatic heterocycles. The number of nitrogens with zero attached hydrogens (tertiary/aromatic N) is 2. The number of rotatable bonds is 6. The zero-order valence-corrected chi connectivity index (χ0v) is 17.8. The van der Waals surface area contributed by atoms with E-state index in [1.54, 1.807) is 31.4 Å². The number of piperidine rings is 1. The highest BCUT2D eigenvalue weighted by molar-refractivity contribution is 5.96. The van der Waals surface area contributed by atoms with Crippen LogP contribution < -0.4 is 19.4 Å². The molecule has 0 bridgehead atoms. The van der Waals surface area contributed by atoms with Crippen LogP contribution in [-0.2, 0) is 9.59 Å². The topological polar surface area (TPSA) is 75.7 Å². The third-order valence-corrected chi connectivity index (χ3v) is 6.25. The first-order valence-electron chi connectivity index (χ1n) is 10.8. The van der Waals surface area contributed by atoms with Gasteiger partial charge in [0.05, 0.1) is 20.1 Å². The van der Waals surface area contributed by atoms with E-state index < -0.39 is 0 Å². The van der Waals surface area contributed by atoms with Crippen molar-refractivity contribution < 1.29 is 19.1 Å². The lowest BCUT2D eigenvalue weighted by Crippen LogP contribution is -2.56. The lowest BCUT2D eigenvalue weighted by molar-refractivity contribution is -0.127. The zero-order valence-electron chi connectivity index (χ0n) is 17.8. The number of carbonyl (C=O) groups is 3. The first-order valence-corrected chi connectivity index (χ1v) is 10.8. The molecular formula is C24H28N3O4+. The highest BCUT2D eigenvalue weighted by Gasteiger charge is 2.43. The predicted octanol–water partition coefficient (Wildman–Crippen LogP) is 3.23. The summed E-state index contributed by atoms with van der Waals surface area (Å²) < 4.78 is 5.23. The smallest absolute Gasteiger partial charge is 0.320 e. The minimum atomic E-state index is -0.226.